The number of fused-ring (bicyclic) bond motifs is 3. The molecule has 1 aliphatic heterocycles. The van der Waals surface area contributed by atoms with Crippen LogP contribution in [0.15, 0.2) is 71.4 Å². The highest BCUT2D eigenvalue weighted by atomic mass is 19.1. The van der Waals surface area contributed by atoms with Gasteiger partial charge in [0.05, 0.1) is 23.3 Å². The quantitative estimate of drug-likeness (QED) is 0.311. The molecule has 0 bridgehead atoms. The van der Waals surface area contributed by atoms with Gasteiger partial charge in [0.15, 0.2) is 0 Å². The van der Waals surface area contributed by atoms with Crippen molar-refractivity contribution >= 4 is 39.3 Å². The molecule has 2 atom stereocenters. The van der Waals surface area contributed by atoms with Gasteiger partial charge in [0.1, 0.15) is 29.3 Å². The molecule has 6 rings (SSSR count). The fourth-order valence-electron chi connectivity index (χ4n) is 5.24. The Balaban J connectivity index is 1.33. The van der Waals surface area contributed by atoms with Crippen LogP contribution in [-0.4, -0.2) is 49.2 Å². The lowest BCUT2D eigenvalue weighted by atomic mass is 10.00. The van der Waals surface area contributed by atoms with Crippen LogP contribution in [0.3, 0.4) is 0 Å². The van der Waals surface area contributed by atoms with Gasteiger partial charge in [-0.2, -0.15) is 0 Å². The standard InChI is InChI=1S/C30H28FN5O3/c1-17-22-12-23-26(39-28(27(23)30(37)32-2)18-8-10-19(31)11-9-18)13-25(22)36(3)15-20(38-17)14-33-29-21-6-4-5-7-24(21)34-16-35-29/h4-13,16-17,20H,14-15H2,1-3H3,(H,32,37)(H,33,34,35)/t17-,20+/m0/s1. The third-order valence-corrected chi connectivity index (χ3v) is 7.16. The normalized spacial score (nSPS) is 17.2. The van der Waals surface area contributed by atoms with Gasteiger partial charge in [0.2, 0.25) is 0 Å². The highest BCUT2D eigenvalue weighted by molar-refractivity contribution is 6.11. The maximum atomic E-state index is 13.6. The maximum absolute atomic E-state index is 13.6. The average Bonchev–Trinajstić information content (AvgIpc) is 3.28. The number of benzene rings is 3. The number of aromatic nitrogens is 2. The number of para-hydroxylation sites is 1. The maximum Gasteiger partial charge on any atom is 0.255 e. The van der Waals surface area contributed by atoms with Crippen LogP contribution in [0.4, 0.5) is 15.9 Å². The molecule has 8 nitrogen and oxygen atoms in total. The van der Waals surface area contributed by atoms with Gasteiger partial charge in [0, 0.05) is 60.8 Å². The van der Waals surface area contributed by atoms with Crippen molar-refractivity contribution in [2.45, 2.75) is 19.1 Å². The van der Waals surface area contributed by atoms with Crippen LogP contribution in [0.1, 0.15) is 28.9 Å². The molecule has 3 aromatic carbocycles. The van der Waals surface area contributed by atoms with Crippen LogP contribution in [0, 0.1) is 5.82 Å². The Labute approximate surface area is 224 Å². The summed E-state index contributed by atoms with van der Waals surface area (Å²) < 4.78 is 26.3. The van der Waals surface area contributed by atoms with Crippen molar-refractivity contribution in [1.29, 1.82) is 0 Å². The number of hydrogen-bond acceptors (Lipinski definition) is 7. The zero-order valence-corrected chi connectivity index (χ0v) is 21.9. The van der Waals surface area contributed by atoms with Gasteiger partial charge in [-0.1, -0.05) is 12.1 Å². The number of halogens is 1. The van der Waals surface area contributed by atoms with E-state index in [9.17, 15) is 9.18 Å². The van der Waals surface area contributed by atoms with Crippen LogP contribution in [0.5, 0.6) is 0 Å². The number of anilines is 2. The first-order chi connectivity index (χ1) is 18.9. The third kappa shape index (κ3) is 4.55. The minimum atomic E-state index is -0.354. The van der Waals surface area contributed by atoms with E-state index in [0.717, 1.165) is 28.0 Å². The summed E-state index contributed by atoms with van der Waals surface area (Å²) in [6, 6.07) is 17.7. The molecule has 9 heteroatoms. The summed E-state index contributed by atoms with van der Waals surface area (Å²) in [6.07, 6.45) is 1.18. The van der Waals surface area contributed by atoms with Crippen LogP contribution >= 0.6 is 0 Å². The van der Waals surface area contributed by atoms with Crippen LogP contribution in [0.25, 0.3) is 33.2 Å². The molecular weight excluding hydrogens is 497 g/mol. The van der Waals surface area contributed by atoms with E-state index in [-0.39, 0.29) is 23.9 Å². The lowest BCUT2D eigenvalue weighted by Crippen LogP contribution is -2.34. The van der Waals surface area contributed by atoms with Gasteiger partial charge in [-0.05, 0) is 49.4 Å². The van der Waals surface area contributed by atoms with Crippen LogP contribution in [0.2, 0.25) is 0 Å². The largest absolute Gasteiger partial charge is 0.455 e. The fourth-order valence-corrected chi connectivity index (χ4v) is 5.24. The molecule has 5 aromatic rings. The van der Waals surface area contributed by atoms with E-state index in [1.807, 2.05) is 50.4 Å². The number of nitrogens with one attached hydrogen (secondary N) is 2. The zero-order valence-electron chi connectivity index (χ0n) is 21.9. The molecule has 1 amide bonds. The number of furan rings is 1. The lowest BCUT2D eigenvalue weighted by Gasteiger charge is -2.23. The summed E-state index contributed by atoms with van der Waals surface area (Å²) in [7, 11) is 3.60. The molecule has 0 radical (unpaired) electrons. The van der Waals surface area contributed by atoms with Crippen molar-refractivity contribution in [2.24, 2.45) is 0 Å². The van der Waals surface area contributed by atoms with Crippen LogP contribution < -0.4 is 15.5 Å². The predicted octanol–water partition coefficient (Wildman–Crippen LogP) is 5.55. The first-order valence-electron chi connectivity index (χ1n) is 12.8. The van der Waals surface area contributed by atoms with Crippen molar-refractivity contribution in [2.75, 3.05) is 37.4 Å². The van der Waals surface area contributed by atoms with Gasteiger partial charge < -0.3 is 24.7 Å². The van der Waals surface area contributed by atoms with E-state index >= 15 is 0 Å². The molecule has 2 N–H and O–H groups in total. The highest BCUT2D eigenvalue weighted by Crippen LogP contribution is 2.41. The van der Waals surface area contributed by atoms with E-state index < -0.39 is 0 Å². The number of carbonyl (C=O) groups excluding carboxylic acids is 1. The first-order valence-corrected chi connectivity index (χ1v) is 12.8. The Bertz CT molecular complexity index is 1680. The van der Waals surface area contributed by atoms with E-state index in [0.29, 0.717) is 40.9 Å². The van der Waals surface area contributed by atoms with Gasteiger partial charge in [-0.3, -0.25) is 4.79 Å². The van der Waals surface area contributed by atoms with Crippen molar-refractivity contribution in [1.82, 2.24) is 15.3 Å². The Hall–Kier alpha value is -4.50. The second-order valence-electron chi connectivity index (χ2n) is 9.70. The highest BCUT2D eigenvalue weighted by Gasteiger charge is 2.29. The van der Waals surface area contributed by atoms with Crippen molar-refractivity contribution in [3.05, 3.63) is 83.9 Å². The Kier molecular flexibility index (Phi) is 6.36. The molecule has 198 valence electrons. The van der Waals surface area contributed by atoms with E-state index in [1.165, 1.54) is 12.1 Å². The minimum Gasteiger partial charge on any atom is -0.455 e. The van der Waals surface area contributed by atoms with Gasteiger partial charge in [0.25, 0.3) is 5.91 Å². The third-order valence-electron chi connectivity index (χ3n) is 7.16. The average molecular weight is 526 g/mol. The fraction of sp³-hybridized carbons (Fsp3) is 0.233. The van der Waals surface area contributed by atoms with Crippen molar-refractivity contribution < 1.29 is 18.3 Å². The second kappa shape index (κ2) is 9.99. The van der Waals surface area contributed by atoms with E-state index in [2.05, 4.69) is 25.5 Å². The molecule has 1 aliphatic rings. The summed E-state index contributed by atoms with van der Waals surface area (Å²) in [6.45, 7) is 3.20. The lowest BCUT2D eigenvalue weighted by molar-refractivity contribution is 0.0135. The van der Waals surface area contributed by atoms with Crippen molar-refractivity contribution in [3.63, 3.8) is 0 Å². The Morgan fingerprint density at radius 3 is 2.69 bits per heavy atom. The summed E-state index contributed by atoms with van der Waals surface area (Å²) in [5, 5.41) is 7.79. The number of hydrogen-bond donors (Lipinski definition) is 2. The Morgan fingerprint density at radius 2 is 1.90 bits per heavy atom. The summed E-state index contributed by atoms with van der Waals surface area (Å²) in [4.78, 5) is 23.9. The van der Waals surface area contributed by atoms with Gasteiger partial charge >= 0.3 is 0 Å². The molecule has 0 spiro atoms. The van der Waals surface area contributed by atoms with Gasteiger partial charge in [-0.25, -0.2) is 14.4 Å². The van der Waals surface area contributed by atoms with E-state index in [4.69, 9.17) is 9.15 Å². The summed E-state index contributed by atoms with van der Waals surface area (Å²) in [5.74, 6) is 0.539. The summed E-state index contributed by atoms with van der Waals surface area (Å²) >= 11 is 0. The van der Waals surface area contributed by atoms with E-state index in [1.54, 1.807) is 25.5 Å². The molecular formula is C30H28FN5O3. The number of rotatable bonds is 5. The number of carbonyl (C=O) groups is 1. The topological polar surface area (TPSA) is 92.5 Å². The van der Waals surface area contributed by atoms with Gasteiger partial charge in [-0.15, -0.1) is 0 Å². The predicted molar refractivity (Wildman–Crippen MR) is 150 cm³/mol. The molecule has 3 heterocycles. The Morgan fingerprint density at radius 1 is 1.10 bits per heavy atom. The monoisotopic (exact) mass is 525 g/mol. The zero-order chi connectivity index (χ0) is 27.1. The number of nitrogens with zero attached hydrogens (tertiary/aromatic N) is 3. The summed E-state index contributed by atoms with van der Waals surface area (Å²) in [5.41, 5.74) is 4.42. The molecule has 0 unspecified atom stereocenters. The number of amides is 1. The smallest absolute Gasteiger partial charge is 0.255 e. The van der Waals surface area contributed by atoms with Crippen LogP contribution in [-0.2, 0) is 4.74 Å². The number of ether oxygens (including phenoxy) is 1. The number of likely N-dealkylation sites (N-methyl/N-ethyl adjacent to an activating group) is 1. The molecule has 39 heavy (non-hydrogen) atoms. The molecule has 0 fully saturated rings. The minimum absolute atomic E-state index is 0.134. The molecule has 0 saturated heterocycles. The molecule has 2 aromatic heterocycles. The van der Waals surface area contributed by atoms with Crippen molar-refractivity contribution in [3.8, 4) is 11.3 Å². The second-order valence-corrected chi connectivity index (χ2v) is 9.70. The molecule has 0 aliphatic carbocycles. The first kappa shape index (κ1) is 24.8. The molecule has 0 saturated carbocycles. The SMILES string of the molecule is CNC(=O)c1c(-c2ccc(F)cc2)oc2cc3c(cc12)[C@H](C)O[C@H](CNc1ncnc2ccccc12)CN3C.